The Labute approximate surface area is 67.1 Å². The molecule has 0 aromatic rings. The minimum Gasteiger partial charge on any atom is -0.469 e. The normalized spacial score (nSPS) is 30.4. The molecule has 3 heteroatoms. The fraction of sp³-hybridized carbons (Fsp3) is 0.875. The van der Waals surface area contributed by atoms with Crippen LogP contribution < -0.4 is 5.32 Å². The van der Waals surface area contributed by atoms with Gasteiger partial charge in [-0.3, -0.25) is 4.79 Å². The van der Waals surface area contributed by atoms with Crippen LogP contribution in [0.1, 0.15) is 19.8 Å². The molecule has 0 aliphatic carbocycles. The van der Waals surface area contributed by atoms with E-state index < -0.39 is 0 Å². The van der Waals surface area contributed by atoms with Crippen LogP contribution in [0.25, 0.3) is 0 Å². The van der Waals surface area contributed by atoms with Crippen molar-refractivity contribution in [3.63, 3.8) is 0 Å². The second-order valence-electron chi connectivity index (χ2n) is 2.89. The number of rotatable bonds is 2. The number of ether oxygens (including phenoxy) is 1. The Bertz CT molecular complexity index is 147. The Hall–Kier alpha value is -0.570. The Balaban J connectivity index is 2.49. The predicted octanol–water partition coefficient (Wildman–Crippen LogP) is 0.547. The number of hydrogen-bond donors (Lipinski definition) is 1. The Morgan fingerprint density at radius 2 is 2.45 bits per heavy atom. The van der Waals surface area contributed by atoms with Crippen molar-refractivity contribution in [1.29, 1.82) is 0 Å². The summed E-state index contributed by atoms with van der Waals surface area (Å²) >= 11 is 0. The number of esters is 1. The lowest BCUT2D eigenvalue weighted by Gasteiger charge is -2.14. The average Bonchev–Trinajstić information content (AvgIpc) is 2.50. The van der Waals surface area contributed by atoms with Crippen molar-refractivity contribution in [1.82, 2.24) is 5.32 Å². The van der Waals surface area contributed by atoms with E-state index in [1.165, 1.54) is 7.11 Å². The number of carbonyl (C=O) groups excluding carboxylic acids is 1. The van der Waals surface area contributed by atoms with Crippen molar-refractivity contribution in [3.05, 3.63) is 0 Å². The molecule has 2 unspecified atom stereocenters. The van der Waals surface area contributed by atoms with Crippen molar-refractivity contribution >= 4 is 5.97 Å². The number of carbonyl (C=O) groups is 1. The summed E-state index contributed by atoms with van der Waals surface area (Å²) in [4.78, 5) is 11.1. The first-order chi connectivity index (χ1) is 5.29. The van der Waals surface area contributed by atoms with Gasteiger partial charge in [0.1, 0.15) is 0 Å². The quantitative estimate of drug-likeness (QED) is 0.595. The lowest BCUT2D eigenvalue weighted by atomic mass is 9.99. The summed E-state index contributed by atoms with van der Waals surface area (Å²) in [5.41, 5.74) is 0. The minimum absolute atomic E-state index is 0.0677. The van der Waals surface area contributed by atoms with Crippen molar-refractivity contribution in [2.45, 2.75) is 25.8 Å². The van der Waals surface area contributed by atoms with Gasteiger partial charge in [-0.15, -0.1) is 0 Å². The fourth-order valence-electron chi connectivity index (χ4n) is 1.63. The van der Waals surface area contributed by atoms with Crippen LogP contribution in [0.4, 0.5) is 0 Å². The first-order valence-corrected chi connectivity index (χ1v) is 4.10. The molecule has 2 atom stereocenters. The predicted molar refractivity (Wildman–Crippen MR) is 42.2 cm³/mol. The third kappa shape index (κ3) is 1.71. The molecule has 0 saturated carbocycles. The summed E-state index contributed by atoms with van der Waals surface area (Å²) in [6, 6.07) is 0.336. The van der Waals surface area contributed by atoms with Crippen LogP contribution in [0, 0.1) is 5.92 Å². The van der Waals surface area contributed by atoms with Gasteiger partial charge in [0, 0.05) is 6.04 Å². The zero-order valence-corrected chi connectivity index (χ0v) is 7.09. The Kier molecular flexibility index (Phi) is 2.88. The molecule has 11 heavy (non-hydrogen) atoms. The molecule has 0 aromatic carbocycles. The molecular formula is C8H15NO2. The van der Waals surface area contributed by atoms with Gasteiger partial charge >= 0.3 is 5.97 Å². The van der Waals surface area contributed by atoms with Crippen LogP contribution in [0.15, 0.2) is 0 Å². The fourth-order valence-corrected chi connectivity index (χ4v) is 1.63. The highest BCUT2D eigenvalue weighted by atomic mass is 16.5. The summed E-state index contributed by atoms with van der Waals surface area (Å²) in [6.07, 6.45) is 1.92. The molecule has 1 N–H and O–H groups in total. The van der Waals surface area contributed by atoms with E-state index in [0.29, 0.717) is 6.04 Å². The molecule has 1 fully saturated rings. The molecule has 1 heterocycles. The average molecular weight is 157 g/mol. The summed E-state index contributed by atoms with van der Waals surface area (Å²) in [7, 11) is 1.45. The van der Waals surface area contributed by atoms with E-state index in [4.69, 9.17) is 0 Å². The van der Waals surface area contributed by atoms with Crippen LogP contribution in [0.2, 0.25) is 0 Å². The van der Waals surface area contributed by atoms with E-state index in [2.05, 4.69) is 17.0 Å². The monoisotopic (exact) mass is 157 g/mol. The van der Waals surface area contributed by atoms with E-state index in [0.717, 1.165) is 19.4 Å². The standard InChI is InChI=1S/C8H15NO2/c1-3-7-6(4-5-9-7)8(10)11-2/h6-7,9H,3-5H2,1-2H3. The molecule has 64 valence electrons. The lowest BCUT2D eigenvalue weighted by molar-refractivity contribution is -0.145. The van der Waals surface area contributed by atoms with Gasteiger partial charge in [0.15, 0.2) is 0 Å². The number of hydrogen-bond acceptors (Lipinski definition) is 3. The number of nitrogens with one attached hydrogen (secondary N) is 1. The zero-order chi connectivity index (χ0) is 8.27. The van der Waals surface area contributed by atoms with Crippen LogP contribution in [-0.4, -0.2) is 25.7 Å². The van der Waals surface area contributed by atoms with Gasteiger partial charge < -0.3 is 10.1 Å². The second kappa shape index (κ2) is 3.72. The van der Waals surface area contributed by atoms with E-state index >= 15 is 0 Å². The van der Waals surface area contributed by atoms with Crippen LogP contribution in [0.5, 0.6) is 0 Å². The first-order valence-electron chi connectivity index (χ1n) is 4.10. The topological polar surface area (TPSA) is 38.3 Å². The maximum absolute atomic E-state index is 11.1. The summed E-state index contributed by atoms with van der Waals surface area (Å²) in [6.45, 7) is 3.02. The van der Waals surface area contributed by atoms with Crippen LogP contribution in [0.3, 0.4) is 0 Å². The SMILES string of the molecule is CCC1NCCC1C(=O)OC. The smallest absolute Gasteiger partial charge is 0.310 e. The largest absolute Gasteiger partial charge is 0.469 e. The molecule has 1 rings (SSSR count). The third-order valence-corrected chi connectivity index (χ3v) is 2.29. The molecule has 3 nitrogen and oxygen atoms in total. The molecule has 0 aromatic heterocycles. The third-order valence-electron chi connectivity index (χ3n) is 2.29. The van der Waals surface area contributed by atoms with Crippen LogP contribution in [-0.2, 0) is 9.53 Å². The summed E-state index contributed by atoms with van der Waals surface area (Å²) in [5.74, 6) is 0.0202. The summed E-state index contributed by atoms with van der Waals surface area (Å²) < 4.78 is 4.69. The lowest BCUT2D eigenvalue weighted by Crippen LogP contribution is -2.31. The van der Waals surface area contributed by atoms with Gasteiger partial charge in [-0.2, -0.15) is 0 Å². The van der Waals surface area contributed by atoms with Crippen LogP contribution >= 0.6 is 0 Å². The molecule has 0 radical (unpaired) electrons. The van der Waals surface area contributed by atoms with E-state index in [-0.39, 0.29) is 11.9 Å². The highest BCUT2D eigenvalue weighted by molar-refractivity contribution is 5.73. The van der Waals surface area contributed by atoms with Crippen molar-refractivity contribution in [2.75, 3.05) is 13.7 Å². The van der Waals surface area contributed by atoms with Gasteiger partial charge in [0.05, 0.1) is 13.0 Å². The number of methoxy groups -OCH3 is 1. The van der Waals surface area contributed by atoms with Gasteiger partial charge in [-0.1, -0.05) is 6.92 Å². The maximum Gasteiger partial charge on any atom is 0.310 e. The highest BCUT2D eigenvalue weighted by Gasteiger charge is 2.31. The summed E-state index contributed by atoms with van der Waals surface area (Å²) in [5, 5.41) is 3.27. The van der Waals surface area contributed by atoms with Gasteiger partial charge in [0.2, 0.25) is 0 Å². The minimum atomic E-state index is -0.0677. The maximum atomic E-state index is 11.1. The first kappa shape index (κ1) is 8.53. The molecule has 0 amide bonds. The molecular weight excluding hydrogens is 142 g/mol. The van der Waals surface area contributed by atoms with Crippen molar-refractivity contribution < 1.29 is 9.53 Å². The Morgan fingerprint density at radius 1 is 1.73 bits per heavy atom. The van der Waals surface area contributed by atoms with Gasteiger partial charge in [-0.25, -0.2) is 0 Å². The molecule has 1 aliphatic rings. The molecule has 1 aliphatic heterocycles. The molecule has 0 spiro atoms. The Morgan fingerprint density at radius 3 is 3.00 bits per heavy atom. The molecule has 0 bridgehead atoms. The van der Waals surface area contributed by atoms with E-state index in [9.17, 15) is 4.79 Å². The zero-order valence-electron chi connectivity index (χ0n) is 7.09. The van der Waals surface area contributed by atoms with Gasteiger partial charge in [0.25, 0.3) is 0 Å². The highest BCUT2D eigenvalue weighted by Crippen LogP contribution is 2.18. The van der Waals surface area contributed by atoms with Crippen molar-refractivity contribution in [3.8, 4) is 0 Å². The van der Waals surface area contributed by atoms with Crippen molar-refractivity contribution in [2.24, 2.45) is 5.92 Å². The van der Waals surface area contributed by atoms with E-state index in [1.54, 1.807) is 0 Å². The van der Waals surface area contributed by atoms with Gasteiger partial charge in [-0.05, 0) is 19.4 Å². The molecule has 1 saturated heterocycles. The van der Waals surface area contributed by atoms with E-state index in [1.807, 2.05) is 0 Å². The second-order valence-corrected chi connectivity index (χ2v) is 2.89.